The van der Waals surface area contributed by atoms with Crippen molar-refractivity contribution in [1.29, 1.82) is 0 Å². The number of aliphatic hydroxyl groups excluding tert-OH is 1. The molecule has 1 spiro atoms. The maximum Gasteiger partial charge on any atom is 0.340 e. The number of H-pyrrole nitrogens is 1. The molecule has 7 aliphatic rings. The second kappa shape index (κ2) is 8.54. The lowest BCUT2D eigenvalue weighted by atomic mass is 9.41. The third-order valence-corrected chi connectivity index (χ3v) is 11.9. The summed E-state index contributed by atoms with van der Waals surface area (Å²) in [5.41, 5.74) is 1.80. The van der Waals surface area contributed by atoms with Crippen LogP contribution in [0.1, 0.15) is 80.9 Å². The summed E-state index contributed by atoms with van der Waals surface area (Å²) < 4.78 is 20.0. The monoisotopic (exact) mass is 552 g/mol. The normalized spacial score (nSPS) is 44.6. The van der Waals surface area contributed by atoms with Crippen molar-refractivity contribution < 1.29 is 29.2 Å². The molecule has 0 aromatic carbocycles. The fourth-order valence-corrected chi connectivity index (χ4v) is 10.0. The molecule has 5 fully saturated rings. The Kier molecular flexibility index (Phi) is 5.74. The van der Waals surface area contributed by atoms with E-state index in [4.69, 9.17) is 14.2 Å². The van der Waals surface area contributed by atoms with Gasteiger partial charge in [-0.25, -0.2) is 4.79 Å². The Morgan fingerprint density at radius 1 is 1.30 bits per heavy atom. The molecule has 3 aliphatic heterocycles. The Morgan fingerprint density at radius 2 is 2.10 bits per heavy atom. The highest BCUT2D eigenvalue weighted by Crippen LogP contribution is 2.74. The van der Waals surface area contributed by atoms with Crippen LogP contribution in [-0.4, -0.2) is 82.0 Å². The van der Waals surface area contributed by atoms with Gasteiger partial charge in [-0.3, -0.25) is 0 Å². The topological polar surface area (TPSA) is 104 Å². The van der Waals surface area contributed by atoms with Gasteiger partial charge in [0.25, 0.3) is 0 Å². The third kappa shape index (κ3) is 3.12. The Morgan fingerprint density at radius 3 is 2.88 bits per heavy atom. The Bertz CT molecular complexity index is 1320. The van der Waals surface area contributed by atoms with Crippen LogP contribution in [0.2, 0.25) is 0 Å². The van der Waals surface area contributed by atoms with Crippen molar-refractivity contribution >= 4 is 5.97 Å². The van der Waals surface area contributed by atoms with Gasteiger partial charge in [0.05, 0.1) is 18.3 Å². The molecule has 4 bridgehead atoms. The highest BCUT2D eigenvalue weighted by molar-refractivity contribution is 5.92. The minimum Gasteiger partial charge on any atom is -0.454 e. The molecule has 1 aromatic rings. The summed E-state index contributed by atoms with van der Waals surface area (Å²) in [5, 5.41) is 23.8. The quantitative estimate of drug-likeness (QED) is 0.386. The van der Waals surface area contributed by atoms with E-state index in [2.05, 4.69) is 36.0 Å². The third-order valence-electron chi connectivity index (χ3n) is 11.9. The zero-order chi connectivity index (χ0) is 28.3. The number of aliphatic hydroxyl groups is 2. The van der Waals surface area contributed by atoms with Gasteiger partial charge in [0, 0.05) is 48.7 Å². The number of esters is 1. The zero-order valence-corrected chi connectivity index (χ0v) is 24.5. The molecule has 40 heavy (non-hydrogen) atoms. The van der Waals surface area contributed by atoms with Crippen LogP contribution in [0.3, 0.4) is 0 Å². The molecule has 8 atom stereocenters. The van der Waals surface area contributed by atoms with Gasteiger partial charge < -0.3 is 34.3 Å². The van der Waals surface area contributed by atoms with Gasteiger partial charge >= 0.3 is 5.97 Å². The largest absolute Gasteiger partial charge is 0.454 e. The molecule has 0 radical (unpaired) electrons. The summed E-state index contributed by atoms with van der Waals surface area (Å²) in [6.45, 7) is 10.2. The van der Waals surface area contributed by atoms with Crippen molar-refractivity contribution in [1.82, 2.24) is 9.88 Å². The SMILES string of the molecule is CCc1[nH]cc(C)c1C(=O)O[C@@H](C)C1=CC[C@@]23OCCN(C)C[C@@]12C[C@@H](O)[C@]12O[C@]4(O)CC[C@@]1(C)[C@H](CC=C32)C4. The Hall–Kier alpha value is -1.97. The van der Waals surface area contributed by atoms with Crippen molar-refractivity contribution in [3.63, 3.8) is 0 Å². The van der Waals surface area contributed by atoms with Crippen molar-refractivity contribution in [3.8, 4) is 0 Å². The minimum absolute atomic E-state index is 0.252. The molecule has 1 aromatic heterocycles. The lowest BCUT2D eigenvalue weighted by Gasteiger charge is -2.73. The van der Waals surface area contributed by atoms with Crippen LogP contribution in [0.15, 0.2) is 29.5 Å². The molecule has 3 N–H and O–H groups in total. The van der Waals surface area contributed by atoms with E-state index in [1.165, 1.54) is 0 Å². The van der Waals surface area contributed by atoms with Crippen LogP contribution in [-0.2, 0) is 20.6 Å². The van der Waals surface area contributed by atoms with Crippen LogP contribution < -0.4 is 0 Å². The lowest BCUT2D eigenvalue weighted by Crippen LogP contribution is -2.79. The average Bonchev–Trinajstić information content (AvgIpc) is 3.37. The molecule has 0 unspecified atom stereocenters. The Labute approximate surface area is 236 Å². The smallest absolute Gasteiger partial charge is 0.340 e. The number of carbonyl (C=O) groups is 1. The van der Waals surface area contributed by atoms with Gasteiger partial charge in [0.2, 0.25) is 0 Å². The number of ether oxygens (including phenoxy) is 3. The van der Waals surface area contributed by atoms with E-state index in [9.17, 15) is 15.0 Å². The number of hydrogen-bond acceptors (Lipinski definition) is 7. The second-order valence-corrected chi connectivity index (χ2v) is 13.8. The predicted molar refractivity (Wildman–Crippen MR) is 149 cm³/mol. The van der Waals surface area contributed by atoms with Crippen LogP contribution in [0.25, 0.3) is 0 Å². The first kappa shape index (κ1) is 26.9. The van der Waals surface area contributed by atoms with Gasteiger partial charge in [0.1, 0.15) is 17.3 Å². The van der Waals surface area contributed by atoms with Gasteiger partial charge in [0.15, 0.2) is 5.79 Å². The fraction of sp³-hybridized carbons (Fsp3) is 0.719. The predicted octanol–water partition coefficient (Wildman–Crippen LogP) is 3.81. The standard InChI is InChI=1S/C32H44N2O6/c1-6-23-26(19(2)17-33-23)27(36)39-20(3)22-9-10-31-24-8-7-21-15-30(37)12-11-28(21,4)32(24,40-30)25(35)16-29(22,31)18-34(5)13-14-38-31/h8-9,17,20-21,25,33,35,37H,6-7,10-16,18H2,1-5H3/t20-,21+,25+,28-,29-,30+,31-,32-/m0/s1. The van der Waals surface area contributed by atoms with Crippen molar-refractivity contribution in [2.75, 3.05) is 26.7 Å². The first-order valence-corrected chi connectivity index (χ1v) is 15.2. The molecule has 4 aliphatic carbocycles. The van der Waals surface area contributed by atoms with E-state index in [0.717, 1.165) is 48.2 Å². The first-order chi connectivity index (χ1) is 19.0. The fourth-order valence-electron chi connectivity index (χ4n) is 10.0. The molecular weight excluding hydrogens is 508 g/mol. The molecule has 8 rings (SSSR count). The van der Waals surface area contributed by atoms with Gasteiger partial charge in [-0.15, -0.1) is 0 Å². The number of nitrogens with zero attached hydrogens (tertiary/aromatic N) is 1. The van der Waals surface area contributed by atoms with Crippen LogP contribution in [0.5, 0.6) is 0 Å². The summed E-state index contributed by atoms with van der Waals surface area (Å²) in [6.07, 6.45) is 9.66. The highest BCUT2D eigenvalue weighted by atomic mass is 16.7. The number of aromatic nitrogens is 1. The molecule has 3 saturated heterocycles. The van der Waals surface area contributed by atoms with Gasteiger partial charge in [-0.05, 0) is 75.6 Å². The van der Waals surface area contributed by atoms with Gasteiger partial charge in [-0.2, -0.15) is 0 Å². The average molecular weight is 553 g/mol. The van der Waals surface area contributed by atoms with Crippen LogP contribution >= 0.6 is 0 Å². The number of likely N-dealkylation sites (N-methyl/N-ethyl adjacent to an activating group) is 1. The minimum atomic E-state index is -1.22. The molecule has 8 heteroatoms. The molecule has 0 amide bonds. The van der Waals surface area contributed by atoms with Crippen molar-refractivity contribution in [2.24, 2.45) is 16.7 Å². The summed E-state index contributed by atoms with van der Waals surface area (Å²) in [6, 6.07) is 0. The molecule has 8 nitrogen and oxygen atoms in total. The maximum atomic E-state index is 13.5. The summed E-state index contributed by atoms with van der Waals surface area (Å²) in [4.78, 5) is 19.0. The summed E-state index contributed by atoms with van der Waals surface area (Å²) in [5.74, 6) is -1.29. The number of nitrogens with one attached hydrogen (secondary N) is 1. The molecule has 2 saturated carbocycles. The van der Waals surface area contributed by atoms with Gasteiger partial charge in [-0.1, -0.05) is 26.0 Å². The van der Waals surface area contributed by atoms with E-state index in [0.29, 0.717) is 44.4 Å². The van der Waals surface area contributed by atoms with E-state index < -0.39 is 34.6 Å². The number of hydrogen-bond donors (Lipinski definition) is 3. The zero-order valence-electron chi connectivity index (χ0n) is 24.5. The maximum absolute atomic E-state index is 13.5. The number of fused-ring (bicyclic) bond motifs is 1. The van der Waals surface area contributed by atoms with E-state index in [1.807, 2.05) is 27.0 Å². The molecule has 4 heterocycles. The number of rotatable bonds is 4. The van der Waals surface area contributed by atoms with E-state index in [1.54, 1.807) is 0 Å². The molecule has 218 valence electrons. The molecular formula is C32H44N2O6. The van der Waals surface area contributed by atoms with Crippen molar-refractivity contribution in [3.05, 3.63) is 46.3 Å². The Balaban J connectivity index is 1.32. The van der Waals surface area contributed by atoms with Crippen molar-refractivity contribution in [2.45, 2.75) is 102 Å². The first-order valence-electron chi connectivity index (χ1n) is 15.2. The van der Waals surface area contributed by atoms with Crippen LogP contribution in [0, 0.1) is 23.7 Å². The highest BCUT2D eigenvalue weighted by Gasteiger charge is 2.79. The lowest BCUT2D eigenvalue weighted by molar-refractivity contribution is -0.401. The number of aryl methyl sites for hydroxylation is 2. The summed E-state index contributed by atoms with van der Waals surface area (Å²) >= 11 is 0. The van der Waals surface area contributed by atoms with E-state index in [-0.39, 0.29) is 17.3 Å². The second-order valence-electron chi connectivity index (χ2n) is 13.8. The number of aromatic amines is 1. The number of allylic oxidation sites excluding steroid dienone is 1. The summed E-state index contributed by atoms with van der Waals surface area (Å²) in [7, 11) is 2.10. The number of carbonyl (C=O) groups excluding carboxylic acids is 1. The van der Waals surface area contributed by atoms with Crippen LogP contribution in [0.4, 0.5) is 0 Å². The van der Waals surface area contributed by atoms with E-state index >= 15 is 0 Å².